The number of likely N-dealkylation sites (N-methyl/N-ethyl adjacent to an activating group) is 1. The van der Waals surface area contributed by atoms with Crippen molar-refractivity contribution in [3.05, 3.63) is 56.7 Å². The number of hydrogen-bond donors (Lipinski definition) is 0. The molecule has 0 spiro atoms. The third-order valence-corrected chi connectivity index (χ3v) is 5.26. The van der Waals surface area contributed by atoms with Crippen LogP contribution in [0, 0.1) is 0 Å². The molecule has 0 N–H and O–H groups in total. The highest BCUT2D eigenvalue weighted by molar-refractivity contribution is 9.10. The summed E-state index contributed by atoms with van der Waals surface area (Å²) in [7, 11) is 2.01. The van der Waals surface area contributed by atoms with Gasteiger partial charge < -0.3 is 0 Å². The summed E-state index contributed by atoms with van der Waals surface area (Å²) in [6, 6.07) is 11.8. The molecule has 20 heavy (non-hydrogen) atoms. The Kier molecular flexibility index (Phi) is 5.13. The number of carbonyl (C=O) groups excluding carboxylic acids is 1. The maximum absolute atomic E-state index is 12.5. The average molecular weight is 352 g/mol. The van der Waals surface area contributed by atoms with Crippen LogP contribution in [0.2, 0.25) is 0 Å². The minimum Gasteiger partial charge on any atom is -0.292 e. The van der Waals surface area contributed by atoms with Crippen molar-refractivity contribution in [3.63, 3.8) is 0 Å². The number of Topliss-reactive ketones (excluding diaryl/α,β-unsaturated/α-hetero) is 1. The molecule has 0 saturated heterocycles. The highest BCUT2D eigenvalue weighted by atomic mass is 79.9. The van der Waals surface area contributed by atoms with Crippen molar-refractivity contribution in [3.8, 4) is 0 Å². The fourth-order valence-electron chi connectivity index (χ4n) is 2.11. The number of benzene rings is 1. The molecule has 1 heterocycles. The molecule has 0 aliphatic carbocycles. The van der Waals surface area contributed by atoms with Crippen LogP contribution < -0.4 is 0 Å². The van der Waals surface area contributed by atoms with Gasteiger partial charge in [-0.2, -0.15) is 0 Å². The molecule has 2 aromatic rings. The fraction of sp³-hybridized carbons (Fsp3) is 0.312. The second-order valence-corrected chi connectivity index (χ2v) is 6.80. The molecule has 1 aromatic heterocycles. The van der Waals surface area contributed by atoms with E-state index in [9.17, 15) is 4.79 Å². The van der Waals surface area contributed by atoms with Gasteiger partial charge in [0.1, 0.15) is 0 Å². The summed E-state index contributed by atoms with van der Waals surface area (Å²) in [4.78, 5) is 15.9. The van der Waals surface area contributed by atoms with Crippen LogP contribution in [-0.2, 0) is 0 Å². The fourth-order valence-corrected chi connectivity index (χ4v) is 3.20. The van der Waals surface area contributed by atoms with Crippen molar-refractivity contribution < 1.29 is 4.79 Å². The van der Waals surface area contributed by atoms with E-state index in [1.807, 2.05) is 44.3 Å². The van der Waals surface area contributed by atoms with Gasteiger partial charge in [-0.05, 0) is 44.5 Å². The second kappa shape index (κ2) is 6.66. The molecule has 106 valence electrons. The Labute approximate surface area is 132 Å². The molecule has 0 aliphatic rings. The van der Waals surface area contributed by atoms with Gasteiger partial charge in [-0.1, -0.05) is 34.1 Å². The Morgan fingerprint density at radius 2 is 1.85 bits per heavy atom. The predicted molar refractivity (Wildman–Crippen MR) is 88.4 cm³/mol. The van der Waals surface area contributed by atoms with Crippen LogP contribution >= 0.6 is 27.3 Å². The molecule has 2 unspecified atom stereocenters. The molecule has 4 heteroatoms. The van der Waals surface area contributed by atoms with Crippen LogP contribution in [0.4, 0.5) is 0 Å². The van der Waals surface area contributed by atoms with Gasteiger partial charge in [0.05, 0.1) is 6.04 Å². The van der Waals surface area contributed by atoms with Crippen molar-refractivity contribution in [1.82, 2.24) is 4.90 Å². The molecule has 0 amide bonds. The van der Waals surface area contributed by atoms with Crippen LogP contribution in [0.25, 0.3) is 0 Å². The highest BCUT2D eigenvalue weighted by Gasteiger charge is 2.24. The second-order valence-electron chi connectivity index (χ2n) is 4.90. The van der Waals surface area contributed by atoms with Crippen LogP contribution in [-0.4, -0.2) is 23.8 Å². The van der Waals surface area contributed by atoms with Gasteiger partial charge in [0.15, 0.2) is 5.78 Å². The molecule has 0 radical (unpaired) electrons. The van der Waals surface area contributed by atoms with Crippen LogP contribution in [0.15, 0.2) is 46.3 Å². The summed E-state index contributed by atoms with van der Waals surface area (Å²) >= 11 is 5.12. The summed E-state index contributed by atoms with van der Waals surface area (Å²) in [5.74, 6) is 0.156. The molecular weight excluding hydrogens is 334 g/mol. The Hall–Kier alpha value is -0.970. The Morgan fingerprint density at radius 1 is 1.20 bits per heavy atom. The smallest absolute Gasteiger partial charge is 0.179 e. The Bertz CT molecular complexity index is 565. The monoisotopic (exact) mass is 351 g/mol. The number of halogens is 1. The standard InChI is InChI=1S/C16H18BrNOS/c1-11(15-5-4-10-20-15)18(3)12(2)16(19)13-6-8-14(17)9-7-13/h4-12H,1-3H3. The van der Waals surface area contributed by atoms with Gasteiger partial charge >= 0.3 is 0 Å². The zero-order valence-electron chi connectivity index (χ0n) is 11.8. The summed E-state index contributed by atoms with van der Waals surface area (Å²) < 4.78 is 0.988. The lowest BCUT2D eigenvalue weighted by Crippen LogP contribution is -2.37. The number of ketones is 1. The predicted octanol–water partition coefficient (Wildman–Crippen LogP) is 4.77. The third-order valence-electron chi connectivity index (χ3n) is 3.68. The van der Waals surface area contributed by atoms with E-state index in [1.54, 1.807) is 11.3 Å². The van der Waals surface area contributed by atoms with E-state index >= 15 is 0 Å². The first kappa shape index (κ1) is 15.4. The van der Waals surface area contributed by atoms with E-state index in [0.29, 0.717) is 0 Å². The number of thiophene rings is 1. The maximum atomic E-state index is 12.5. The summed E-state index contributed by atoms with van der Waals surface area (Å²) in [5, 5.41) is 2.07. The molecule has 0 aliphatic heterocycles. The molecule has 0 fully saturated rings. The molecule has 1 aromatic carbocycles. The van der Waals surface area contributed by atoms with Gasteiger partial charge in [-0.25, -0.2) is 0 Å². The van der Waals surface area contributed by atoms with Gasteiger partial charge in [-0.15, -0.1) is 11.3 Å². The van der Waals surface area contributed by atoms with Crippen molar-refractivity contribution >= 4 is 33.0 Å². The quantitative estimate of drug-likeness (QED) is 0.722. The summed E-state index contributed by atoms with van der Waals surface area (Å²) in [6.07, 6.45) is 0. The first-order valence-corrected chi connectivity index (χ1v) is 8.23. The molecular formula is C16H18BrNOS. The van der Waals surface area contributed by atoms with Crippen LogP contribution in [0.5, 0.6) is 0 Å². The first-order chi connectivity index (χ1) is 9.50. The van der Waals surface area contributed by atoms with Crippen molar-refractivity contribution in [2.24, 2.45) is 0 Å². The Balaban J connectivity index is 2.12. The average Bonchev–Trinajstić information content (AvgIpc) is 2.99. The molecule has 0 saturated carbocycles. The van der Waals surface area contributed by atoms with E-state index in [2.05, 4.69) is 39.2 Å². The SMILES string of the molecule is CC(C(=O)c1ccc(Br)cc1)N(C)C(C)c1cccs1. The zero-order chi connectivity index (χ0) is 14.7. The van der Waals surface area contributed by atoms with E-state index in [1.165, 1.54) is 4.88 Å². The van der Waals surface area contributed by atoms with E-state index in [0.717, 1.165) is 10.0 Å². The lowest BCUT2D eigenvalue weighted by Gasteiger charge is -2.29. The van der Waals surface area contributed by atoms with Crippen molar-refractivity contribution in [2.75, 3.05) is 7.05 Å². The number of nitrogens with zero attached hydrogens (tertiary/aromatic N) is 1. The van der Waals surface area contributed by atoms with Gasteiger partial charge in [-0.3, -0.25) is 9.69 Å². The first-order valence-electron chi connectivity index (χ1n) is 6.56. The van der Waals surface area contributed by atoms with Gasteiger partial charge in [0, 0.05) is 21.0 Å². The largest absolute Gasteiger partial charge is 0.292 e. The minimum atomic E-state index is -0.145. The van der Waals surface area contributed by atoms with Gasteiger partial charge in [0.25, 0.3) is 0 Å². The summed E-state index contributed by atoms with van der Waals surface area (Å²) in [5.41, 5.74) is 0.755. The lowest BCUT2D eigenvalue weighted by atomic mass is 10.0. The van der Waals surface area contributed by atoms with E-state index < -0.39 is 0 Å². The number of rotatable bonds is 5. The minimum absolute atomic E-state index is 0.145. The molecule has 0 bridgehead atoms. The maximum Gasteiger partial charge on any atom is 0.179 e. The lowest BCUT2D eigenvalue weighted by molar-refractivity contribution is 0.0828. The Morgan fingerprint density at radius 3 is 2.40 bits per heavy atom. The van der Waals surface area contributed by atoms with Crippen LogP contribution in [0.1, 0.15) is 35.1 Å². The van der Waals surface area contributed by atoms with Crippen LogP contribution in [0.3, 0.4) is 0 Å². The van der Waals surface area contributed by atoms with Gasteiger partial charge in [0.2, 0.25) is 0 Å². The molecule has 2 atom stereocenters. The number of carbonyl (C=O) groups is 1. The number of hydrogen-bond acceptors (Lipinski definition) is 3. The third kappa shape index (κ3) is 3.37. The molecule has 2 rings (SSSR count). The van der Waals surface area contributed by atoms with E-state index in [4.69, 9.17) is 0 Å². The highest BCUT2D eigenvalue weighted by Crippen LogP contribution is 2.26. The topological polar surface area (TPSA) is 20.3 Å². The van der Waals surface area contributed by atoms with Crippen molar-refractivity contribution in [1.29, 1.82) is 0 Å². The zero-order valence-corrected chi connectivity index (χ0v) is 14.2. The van der Waals surface area contributed by atoms with Crippen molar-refractivity contribution in [2.45, 2.75) is 25.9 Å². The normalized spacial score (nSPS) is 14.2. The summed E-state index contributed by atoms with van der Waals surface area (Å²) in [6.45, 7) is 4.10. The van der Waals surface area contributed by atoms with E-state index in [-0.39, 0.29) is 17.9 Å². The molecule has 2 nitrogen and oxygen atoms in total.